The fraction of sp³-hybridized carbons (Fsp3) is 0.485. The molecule has 0 radical (unpaired) electrons. The van der Waals surface area contributed by atoms with Gasteiger partial charge in [-0.1, -0.05) is 35.1 Å². The summed E-state index contributed by atoms with van der Waals surface area (Å²) in [4.78, 5) is 59.4. The molecule has 3 heterocycles. The van der Waals surface area contributed by atoms with E-state index in [0.29, 0.717) is 118 Å². The van der Waals surface area contributed by atoms with Gasteiger partial charge in [-0.15, -0.1) is 5.16 Å². The number of para-hydroxylation sites is 1. The van der Waals surface area contributed by atoms with Crippen LogP contribution in [0.3, 0.4) is 0 Å². The minimum Gasteiger partial charge on any atom is -0.386 e. The number of thiazole rings is 1. The minimum absolute atomic E-state index is 0.0607. The molecular weight excluding hydrogens is 716 g/mol. The van der Waals surface area contributed by atoms with Crippen LogP contribution in [-0.4, -0.2) is 136 Å². The number of amides is 3. The Balaban J connectivity index is 1.07. The highest BCUT2D eigenvalue weighted by Gasteiger charge is 2.21. The second-order valence-electron chi connectivity index (χ2n) is 11.4. The average Bonchev–Trinajstić information content (AvgIpc) is 3.59. The molecule has 2 aromatic heterocycles. The first-order valence-corrected chi connectivity index (χ1v) is 17.9. The van der Waals surface area contributed by atoms with Crippen molar-refractivity contribution in [3.05, 3.63) is 51.7 Å². The Kier molecular flexibility index (Phi) is 16.9. The van der Waals surface area contributed by atoms with Crippen LogP contribution in [0.2, 0.25) is 5.02 Å². The molecule has 3 aromatic rings. The summed E-state index contributed by atoms with van der Waals surface area (Å²) in [6.07, 6.45) is 1.51. The molecule has 1 fully saturated rings. The molecule has 1 aliphatic rings. The molecule has 1 saturated heterocycles. The number of rotatable bonds is 22. The van der Waals surface area contributed by atoms with E-state index in [-0.39, 0.29) is 24.3 Å². The maximum Gasteiger partial charge on any atom is 0.267 e. The molecule has 4 N–H and O–H groups in total. The summed E-state index contributed by atoms with van der Waals surface area (Å²) < 4.78 is 16.3. The number of halogens is 1. The predicted molar refractivity (Wildman–Crippen MR) is 199 cm³/mol. The van der Waals surface area contributed by atoms with Crippen LogP contribution in [-0.2, 0) is 28.6 Å². The Hall–Kier alpha value is -4.46. The number of carbonyl (C=O) groups excluding carboxylic acids is 3. The van der Waals surface area contributed by atoms with Gasteiger partial charge in [0, 0.05) is 52.1 Å². The lowest BCUT2D eigenvalue weighted by Crippen LogP contribution is -2.50. The lowest BCUT2D eigenvalue weighted by Gasteiger charge is -2.35. The molecule has 0 aliphatic carbocycles. The molecule has 0 bridgehead atoms. The van der Waals surface area contributed by atoms with Crippen molar-refractivity contribution >= 4 is 69.8 Å². The van der Waals surface area contributed by atoms with Gasteiger partial charge in [-0.2, -0.15) is 0 Å². The first-order valence-electron chi connectivity index (χ1n) is 16.7. The molecule has 282 valence electrons. The highest BCUT2D eigenvalue weighted by molar-refractivity contribution is 7.17. The second kappa shape index (κ2) is 21.8. The Bertz CT molecular complexity index is 1600. The Labute approximate surface area is 311 Å². The zero-order valence-corrected chi connectivity index (χ0v) is 30.9. The monoisotopic (exact) mass is 760 g/mol. The van der Waals surface area contributed by atoms with Crippen molar-refractivity contribution in [1.82, 2.24) is 30.5 Å². The number of piperazine rings is 1. The van der Waals surface area contributed by atoms with E-state index in [0.717, 1.165) is 11.4 Å². The number of ether oxygens (including phenoxy) is 3. The van der Waals surface area contributed by atoms with Crippen LogP contribution in [0.15, 0.2) is 35.6 Å². The second-order valence-corrected chi connectivity index (χ2v) is 12.8. The van der Waals surface area contributed by atoms with Crippen LogP contribution < -0.4 is 26.2 Å². The summed E-state index contributed by atoms with van der Waals surface area (Å²) in [6.45, 7) is 12.8. The van der Waals surface area contributed by atoms with Crippen molar-refractivity contribution in [2.45, 2.75) is 13.8 Å². The van der Waals surface area contributed by atoms with Gasteiger partial charge >= 0.3 is 0 Å². The third-order valence-electron chi connectivity index (χ3n) is 7.48. The van der Waals surface area contributed by atoms with Gasteiger partial charge in [0.2, 0.25) is 5.91 Å². The van der Waals surface area contributed by atoms with E-state index in [9.17, 15) is 14.4 Å². The van der Waals surface area contributed by atoms with Crippen molar-refractivity contribution in [2.24, 2.45) is 5.16 Å². The number of hydrogen-bond acceptors (Lipinski definition) is 15. The minimum atomic E-state index is -0.297. The zero-order chi connectivity index (χ0) is 37.1. The van der Waals surface area contributed by atoms with E-state index in [1.807, 2.05) is 32.0 Å². The number of nitrogens with zero attached hydrogens (tertiary/aromatic N) is 6. The highest BCUT2D eigenvalue weighted by atomic mass is 35.5. The summed E-state index contributed by atoms with van der Waals surface area (Å²) in [7, 11) is 0. The number of aryl methyl sites for hydroxylation is 2. The average molecular weight is 761 g/mol. The summed E-state index contributed by atoms with van der Waals surface area (Å²) in [5.41, 5.74) is 1.44. The lowest BCUT2D eigenvalue weighted by molar-refractivity contribution is -0.126. The third kappa shape index (κ3) is 13.9. The summed E-state index contributed by atoms with van der Waals surface area (Å²) >= 11 is 7.47. The third-order valence-corrected chi connectivity index (χ3v) is 8.71. The number of hydrogen-bond donors (Lipinski definition) is 4. The van der Waals surface area contributed by atoms with Gasteiger partial charge in [-0.05, 0) is 25.5 Å². The molecule has 0 unspecified atom stereocenters. The molecule has 1 aromatic carbocycles. The normalized spacial score (nSPS) is 13.0. The molecule has 3 amide bonds. The highest BCUT2D eigenvalue weighted by Crippen LogP contribution is 2.28. The van der Waals surface area contributed by atoms with E-state index in [4.69, 9.17) is 25.8 Å². The van der Waals surface area contributed by atoms with E-state index in [1.165, 1.54) is 17.5 Å². The molecule has 19 heteroatoms. The molecule has 0 saturated carbocycles. The fourth-order valence-corrected chi connectivity index (χ4v) is 5.89. The van der Waals surface area contributed by atoms with Crippen molar-refractivity contribution in [2.75, 3.05) is 108 Å². The molecular formula is C33H45ClN10O7S. The van der Waals surface area contributed by atoms with Crippen LogP contribution in [0.25, 0.3) is 0 Å². The van der Waals surface area contributed by atoms with Gasteiger partial charge in [-0.3, -0.25) is 19.3 Å². The molecule has 0 atom stereocenters. The van der Waals surface area contributed by atoms with Gasteiger partial charge in [-0.25, -0.2) is 15.0 Å². The molecule has 0 spiro atoms. The van der Waals surface area contributed by atoms with E-state index >= 15 is 0 Å². The van der Waals surface area contributed by atoms with Crippen LogP contribution in [0.5, 0.6) is 0 Å². The van der Waals surface area contributed by atoms with Gasteiger partial charge in [0.1, 0.15) is 22.3 Å². The van der Waals surface area contributed by atoms with Crippen molar-refractivity contribution in [3.63, 3.8) is 0 Å². The number of oxime groups is 1. The number of nitrogens with one attached hydrogen (secondary N) is 4. The number of aromatic nitrogens is 3. The Morgan fingerprint density at radius 1 is 0.942 bits per heavy atom. The van der Waals surface area contributed by atoms with Gasteiger partial charge in [0.05, 0.1) is 63.1 Å². The van der Waals surface area contributed by atoms with E-state index < -0.39 is 0 Å². The van der Waals surface area contributed by atoms with Crippen LogP contribution >= 0.6 is 22.9 Å². The van der Waals surface area contributed by atoms with Crippen molar-refractivity contribution in [3.8, 4) is 0 Å². The molecule has 17 nitrogen and oxygen atoms in total. The van der Waals surface area contributed by atoms with Gasteiger partial charge < -0.3 is 45.2 Å². The number of benzene rings is 1. The maximum absolute atomic E-state index is 12.9. The fourth-order valence-electron chi connectivity index (χ4n) is 4.91. The quantitative estimate of drug-likeness (QED) is 0.0663. The predicted octanol–water partition coefficient (Wildman–Crippen LogP) is 2.24. The van der Waals surface area contributed by atoms with Crippen molar-refractivity contribution in [1.29, 1.82) is 0 Å². The van der Waals surface area contributed by atoms with Crippen LogP contribution in [0, 0.1) is 13.8 Å². The largest absolute Gasteiger partial charge is 0.386 e. The maximum atomic E-state index is 12.9. The smallest absolute Gasteiger partial charge is 0.267 e. The molecule has 4 rings (SSSR count). The zero-order valence-electron chi connectivity index (χ0n) is 29.3. The number of anilines is 4. The molecule has 52 heavy (non-hydrogen) atoms. The summed E-state index contributed by atoms with van der Waals surface area (Å²) in [6, 6.07) is 7.29. The lowest BCUT2D eigenvalue weighted by atomic mass is 10.2. The SMILES string of the molecule is C=NOCC(=O)NCCOCCOCCOCCNC(=O)CN1CCN(c2cc(Nc3ncc(C(=O)Nc4c(C)cccc4Cl)s3)nc(C)n2)CC1. The van der Waals surface area contributed by atoms with E-state index in [1.54, 1.807) is 6.07 Å². The number of carbonyl (C=O) groups is 3. The summed E-state index contributed by atoms with van der Waals surface area (Å²) in [5, 5.41) is 15.7. The Morgan fingerprint density at radius 2 is 1.62 bits per heavy atom. The van der Waals surface area contributed by atoms with Crippen LogP contribution in [0.1, 0.15) is 21.1 Å². The summed E-state index contributed by atoms with van der Waals surface area (Å²) in [5.74, 6) is 1.28. The van der Waals surface area contributed by atoms with Crippen LogP contribution in [0.4, 0.5) is 22.5 Å². The van der Waals surface area contributed by atoms with E-state index in [2.05, 4.69) is 62.7 Å². The van der Waals surface area contributed by atoms with Gasteiger partial charge in [0.15, 0.2) is 11.7 Å². The first-order chi connectivity index (χ1) is 25.2. The first kappa shape index (κ1) is 40.3. The molecule has 1 aliphatic heterocycles. The Morgan fingerprint density at radius 3 is 2.29 bits per heavy atom. The standard InChI is InChI=1S/C33H45ClN10O7S/c1-23-5-4-6-25(34)31(23)42-32(47)26-20-38-33(52-26)41-27-19-28(40-24(2)39-27)44-11-9-43(10-12-44)21-29(45)36-7-13-48-15-17-50-18-16-49-14-8-37-30(46)22-51-35-3/h4-6,19-20H,3,7-18,21-22H2,1-2H3,(H,36,45)(H,37,46)(H,42,47)(H,38,39,40,41). The van der Waals surface area contributed by atoms with Gasteiger partial charge in [0.25, 0.3) is 11.8 Å². The topological polar surface area (TPSA) is 194 Å². The van der Waals surface area contributed by atoms with Crippen molar-refractivity contribution < 1.29 is 33.4 Å².